The number of fused-ring (bicyclic) bond motifs is 2. The van der Waals surface area contributed by atoms with Crippen LogP contribution in [0.25, 0.3) is 0 Å². The fourth-order valence-corrected chi connectivity index (χ4v) is 6.41. The van der Waals surface area contributed by atoms with Gasteiger partial charge in [0.05, 0.1) is 11.3 Å². The summed E-state index contributed by atoms with van der Waals surface area (Å²) in [7, 11) is 0. The fourth-order valence-electron chi connectivity index (χ4n) is 6.41. The molecule has 1 heterocycles. The highest BCUT2D eigenvalue weighted by Gasteiger charge is 2.68. The Labute approximate surface area is 234 Å². The highest BCUT2D eigenvalue weighted by molar-refractivity contribution is 5.78. The van der Waals surface area contributed by atoms with Crippen molar-refractivity contribution < 1.29 is 52.8 Å². The van der Waals surface area contributed by atoms with Crippen LogP contribution in [-0.4, -0.2) is 71.1 Å². The molecule has 1 N–H and O–H groups in total. The molecule has 11 nitrogen and oxygen atoms in total. The van der Waals surface area contributed by atoms with Crippen LogP contribution in [0, 0.1) is 17.3 Å². The molecule has 9 atom stereocenters. The van der Waals surface area contributed by atoms with Gasteiger partial charge >= 0.3 is 29.8 Å². The number of hydrogen-bond acceptors (Lipinski definition) is 11. The Bertz CT molecular complexity index is 1110. The first-order valence-electron chi connectivity index (χ1n) is 13.6. The van der Waals surface area contributed by atoms with E-state index in [9.17, 15) is 29.1 Å². The predicted molar refractivity (Wildman–Crippen MR) is 139 cm³/mol. The molecular weight excluding hydrogens is 524 g/mol. The maximum absolute atomic E-state index is 12.9. The molecule has 11 heteroatoms. The first kappa shape index (κ1) is 31.3. The van der Waals surface area contributed by atoms with Crippen LogP contribution < -0.4 is 0 Å². The zero-order chi connectivity index (χ0) is 30.2. The van der Waals surface area contributed by atoms with Gasteiger partial charge in [-0.2, -0.15) is 0 Å². The molecule has 40 heavy (non-hydrogen) atoms. The third kappa shape index (κ3) is 5.66. The molecule has 1 saturated carbocycles. The Morgan fingerprint density at radius 3 is 2.17 bits per heavy atom. The van der Waals surface area contributed by atoms with Crippen LogP contribution in [0.5, 0.6) is 0 Å². The summed E-state index contributed by atoms with van der Waals surface area (Å²) in [6.45, 7) is 14.4. The van der Waals surface area contributed by atoms with E-state index in [0.29, 0.717) is 6.42 Å². The van der Waals surface area contributed by atoms with Gasteiger partial charge in [0, 0.05) is 39.5 Å². The zero-order valence-corrected chi connectivity index (χ0v) is 24.2. The van der Waals surface area contributed by atoms with Crippen LogP contribution in [0.1, 0.15) is 74.1 Å². The molecular formula is C29H40O11. The lowest BCUT2D eigenvalue weighted by molar-refractivity contribution is -0.226. The van der Waals surface area contributed by atoms with Gasteiger partial charge in [0.1, 0.15) is 24.4 Å². The first-order chi connectivity index (χ1) is 18.6. The lowest BCUT2D eigenvalue weighted by Crippen LogP contribution is -2.67. The van der Waals surface area contributed by atoms with Crippen molar-refractivity contribution in [1.82, 2.24) is 0 Å². The summed E-state index contributed by atoms with van der Waals surface area (Å²) >= 11 is 0. The largest absolute Gasteiger partial charge is 0.462 e. The number of hydrogen-bond donors (Lipinski definition) is 1. The molecule has 3 rings (SSSR count). The highest BCUT2D eigenvalue weighted by atomic mass is 16.6. The predicted octanol–water partition coefficient (Wildman–Crippen LogP) is 2.72. The summed E-state index contributed by atoms with van der Waals surface area (Å²) < 4.78 is 28.8. The number of aliphatic hydroxyl groups is 1. The molecule has 0 spiro atoms. The van der Waals surface area contributed by atoms with Crippen LogP contribution in [0.2, 0.25) is 0 Å². The van der Waals surface area contributed by atoms with Crippen molar-refractivity contribution >= 4 is 29.8 Å². The SMILES string of the molecule is C=C1[C@@H]2[C@H](OC(C)=O)[C@@]3(O)[C@H](/C=C(/C)CC[C@H](OC(C)=O)[C@@]2(C)[C@@H](OC(C)=O)C[C@H]1OC(=O)CC)OC(=O)[C@@H]3C. The minimum Gasteiger partial charge on any atom is -0.462 e. The van der Waals surface area contributed by atoms with E-state index in [1.165, 1.54) is 20.8 Å². The van der Waals surface area contributed by atoms with Crippen LogP contribution in [0.3, 0.4) is 0 Å². The van der Waals surface area contributed by atoms with Gasteiger partial charge in [-0.1, -0.05) is 26.0 Å². The van der Waals surface area contributed by atoms with Crippen molar-refractivity contribution in [3.63, 3.8) is 0 Å². The van der Waals surface area contributed by atoms with Gasteiger partial charge in [-0.15, -0.1) is 0 Å². The molecule has 0 radical (unpaired) electrons. The minimum atomic E-state index is -2.10. The van der Waals surface area contributed by atoms with Gasteiger partial charge in [-0.3, -0.25) is 24.0 Å². The van der Waals surface area contributed by atoms with E-state index in [4.69, 9.17) is 23.7 Å². The summed E-state index contributed by atoms with van der Waals surface area (Å²) in [5.74, 6) is -5.51. The van der Waals surface area contributed by atoms with E-state index in [-0.39, 0.29) is 24.8 Å². The molecule has 222 valence electrons. The molecule has 0 aromatic heterocycles. The topological polar surface area (TPSA) is 152 Å². The van der Waals surface area contributed by atoms with Crippen molar-refractivity contribution in [2.24, 2.45) is 17.3 Å². The van der Waals surface area contributed by atoms with E-state index < -0.39 is 83.2 Å². The average Bonchev–Trinajstić information content (AvgIpc) is 3.06. The van der Waals surface area contributed by atoms with Gasteiger partial charge in [0.2, 0.25) is 0 Å². The van der Waals surface area contributed by atoms with Gasteiger partial charge in [-0.25, -0.2) is 0 Å². The Hall–Kier alpha value is -3.21. The van der Waals surface area contributed by atoms with Crippen molar-refractivity contribution in [3.05, 3.63) is 23.8 Å². The zero-order valence-electron chi connectivity index (χ0n) is 24.2. The minimum absolute atomic E-state index is 0.0105. The van der Waals surface area contributed by atoms with Crippen LogP contribution in [0.15, 0.2) is 23.8 Å². The first-order valence-corrected chi connectivity index (χ1v) is 13.6. The Morgan fingerprint density at radius 2 is 1.62 bits per heavy atom. The Kier molecular flexibility index (Phi) is 9.18. The maximum Gasteiger partial charge on any atom is 0.312 e. The van der Waals surface area contributed by atoms with Crippen molar-refractivity contribution in [1.29, 1.82) is 0 Å². The molecule has 0 aromatic carbocycles. The lowest BCUT2D eigenvalue weighted by atomic mass is 9.54. The molecule has 0 bridgehead atoms. The van der Waals surface area contributed by atoms with Crippen molar-refractivity contribution in [2.75, 3.05) is 0 Å². The second-order valence-electron chi connectivity index (χ2n) is 11.2. The van der Waals surface area contributed by atoms with Gasteiger partial charge < -0.3 is 28.8 Å². The molecule has 1 aliphatic heterocycles. The Morgan fingerprint density at radius 1 is 1.05 bits per heavy atom. The van der Waals surface area contributed by atoms with Crippen LogP contribution >= 0.6 is 0 Å². The second-order valence-corrected chi connectivity index (χ2v) is 11.2. The molecule has 1 saturated heterocycles. The van der Waals surface area contributed by atoms with Crippen molar-refractivity contribution in [3.8, 4) is 0 Å². The summed E-state index contributed by atoms with van der Waals surface area (Å²) in [6, 6.07) is 0. The maximum atomic E-state index is 12.9. The summed E-state index contributed by atoms with van der Waals surface area (Å²) in [4.78, 5) is 62.7. The quantitative estimate of drug-likeness (QED) is 0.298. The highest BCUT2D eigenvalue weighted by Crippen LogP contribution is 2.56. The lowest BCUT2D eigenvalue weighted by Gasteiger charge is -2.56. The smallest absolute Gasteiger partial charge is 0.312 e. The normalized spacial score (nSPS) is 38.9. The average molecular weight is 565 g/mol. The monoisotopic (exact) mass is 564 g/mol. The molecule has 0 aromatic rings. The van der Waals surface area contributed by atoms with E-state index in [1.807, 2.05) is 0 Å². The fraction of sp³-hybridized carbons (Fsp3) is 0.690. The number of allylic oxidation sites excluding steroid dienone is 1. The van der Waals surface area contributed by atoms with E-state index in [2.05, 4.69) is 6.58 Å². The van der Waals surface area contributed by atoms with E-state index >= 15 is 0 Å². The van der Waals surface area contributed by atoms with E-state index in [0.717, 1.165) is 12.5 Å². The molecule has 0 unspecified atom stereocenters. The van der Waals surface area contributed by atoms with E-state index in [1.54, 1.807) is 26.8 Å². The van der Waals surface area contributed by atoms with Gasteiger partial charge in [0.25, 0.3) is 0 Å². The van der Waals surface area contributed by atoms with Crippen molar-refractivity contribution in [2.45, 2.75) is 110 Å². The number of rotatable bonds is 5. The standard InChI is InChI=1S/C29H40O11/c1-9-24(33)39-20-13-22(37-18(6)31)28(8)21(36-17(5)30)11-10-14(2)12-23-29(35,16(4)27(34)40-23)26(38-19(7)32)25(28)15(20)3/h12,16,20-23,25-26,35H,3,9-11,13H2,1-2,4-8H3/b14-12-/t16-,20+,21-,22-,23-,25+,26-,28-,29-/m0/s1. The van der Waals surface area contributed by atoms with Crippen LogP contribution in [-0.2, 0) is 47.7 Å². The number of esters is 5. The molecule has 3 aliphatic rings. The summed E-state index contributed by atoms with van der Waals surface area (Å²) in [5.41, 5.74) is -2.46. The number of carbonyl (C=O) groups is 5. The van der Waals surface area contributed by atoms with Gasteiger partial charge in [0.15, 0.2) is 11.7 Å². The van der Waals surface area contributed by atoms with Crippen LogP contribution in [0.4, 0.5) is 0 Å². The third-order valence-corrected chi connectivity index (χ3v) is 8.51. The molecule has 2 aliphatic carbocycles. The second kappa shape index (κ2) is 11.7. The summed E-state index contributed by atoms with van der Waals surface area (Å²) in [5, 5.41) is 12.4. The van der Waals surface area contributed by atoms with Gasteiger partial charge in [-0.05, 0) is 38.3 Å². The number of ether oxygens (including phenoxy) is 5. The summed E-state index contributed by atoms with van der Waals surface area (Å²) in [6.07, 6.45) is -3.35. The molecule has 2 fully saturated rings. The third-order valence-electron chi connectivity index (χ3n) is 8.51. The number of carbonyl (C=O) groups excluding carboxylic acids is 5. The Balaban J connectivity index is 2.39. The molecule has 0 amide bonds.